The Labute approximate surface area is 149 Å². The van der Waals surface area contributed by atoms with Crippen molar-refractivity contribution in [1.29, 1.82) is 0 Å². The highest BCUT2D eigenvalue weighted by molar-refractivity contribution is 7.99. The number of amides is 1. The Morgan fingerprint density at radius 1 is 1.20 bits per heavy atom. The fourth-order valence-corrected chi connectivity index (χ4v) is 2.26. The van der Waals surface area contributed by atoms with E-state index in [2.05, 4.69) is 10.1 Å². The molecule has 142 valence electrons. The predicted molar refractivity (Wildman–Crippen MR) is 90.2 cm³/mol. The summed E-state index contributed by atoms with van der Waals surface area (Å²) in [5.41, 5.74) is 0. The second-order valence-corrected chi connectivity index (χ2v) is 6.28. The van der Waals surface area contributed by atoms with Gasteiger partial charge in [-0.1, -0.05) is 13.8 Å². The van der Waals surface area contributed by atoms with Gasteiger partial charge in [-0.25, -0.2) is 4.79 Å². The van der Waals surface area contributed by atoms with E-state index in [1.54, 1.807) is 11.8 Å². The molecule has 25 heavy (non-hydrogen) atoms. The molecule has 0 aliphatic heterocycles. The smallest absolute Gasteiger partial charge is 0.490 e. The van der Waals surface area contributed by atoms with Gasteiger partial charge in [0.1, 0.15) is 24.2 Å². The van der Waals surface area contributed by atoms with Crippen molar-refractivity contribution in [2.24, 2.45) is 0 Å². The van der Waals surface area contributed by atoms with E-state index in [-0.39, 0.29) is 12.4 Å². The third-order valence-corrected chi connectivity index (χ3v) is 3.84. The summed E-state index contributed by atoms with van der Waals surface area (Å²) < 4.78 is 50.7. The third kappa shape index (κ3) is 9.96. The van der Waals surface area contributed by atoms with Crippen LogP contribution in [-0.4, -0.2) is 43.2 Å². The van der Waals surface area contributed by atoms with Crippen LogP contribution in [0.3, 0.4) is 0 Å². The van der Waals surface area contributed by atoms with E-state index >= 15 is 0 Å². The zero-order chi connectivity index (χ0) is 18.7. The average Bonchev–Trinajstić information content (AvgIpc) is 2.55. The lowest BCUT2D eigenvalue weighted by Gasteiger charge is -2.17. The SMILES string of the molecule is CCSCCNC(=O)OC(CC)COc1ccc(OC(F)(F)F)cc1. The van der Waals surface area contributed by atoms with Gasteiger partial charge in [0.05, 0.1) is 0 Å². The predicted octanol–water partition coefficient (Wildman–Crippen LogP) is 4.22. The highest BCUT2D eigenvalue weighted by atomic mass is 32.2. The minimum atomic E-state index is -4.73. The molecule has 5 nitrogen and oxygen atoms in total. The maximum Gasteiger partial charge on any atom is 0.573 e. The molecule has 0 aliphatic carbocycles. The number of alkyl carbamates (subject to hydrolysis) is 1. The maximum absolute atomic E-state index is 12.1. The first-order valence-corrected chi connectivity index (χ1v) is 9.00. The number of benzene rings is 1. The zero-order valence-electron chi connectivity index (χ0n) is 14.1. The molecule has 1 unspecified atom stereocenters. The molecule has 1 N–H and O–H groups in total. The van der Waals surface area contributed by atoms with Gasteiger partial charge < -0.3 is 19.5 Å². The van der Waals surface area contributed by atoms with Gasteiger partial charge in [-0.2, -0.15) is 11.8 Å². The van der Waals surface area contributed by atoms with Gasteiger partial charge in [0.25, 0.3) is 0 Å². The second kappa shape index (κ2) is 11.0. The van der Waals surface area contributed by atoms with Crippen molar-refractivity contribution in [3.05, 3.63) is 24.3 Å². The third-order valence-electron chi connectivity index (χ3n) is 2.94. The van der Waals surface area contributed by atoms with E-state index in [1.807, 2.05) is 13.8 Å². The molecule has 1 aromatic carbocycles. The highest BCUT2D eigenvalue weighted by Gasteiger charge is 2.31. The average molecular weight is 381 g/mol. The molecule has 0 bridgehead atoms. The molecule has 0 spiro atoms. The van der Waals surface area contributed by atoms with Gasteiger partial charge in [-0.15, -0.1) is 13.2 Å². The number of ether oxygens (including phenoxy) is 3. The van der Waals surface area contributed by atoms with Crippen molar-refractivity contribution in [2.75, 3.05) is 24.7 Å². The number of hydrogen-bond acceptors (Lipinski definition) is 5. The molecular weight excluding hydrogens is 359 g/mol. The Bertz CT molecular complexity index is 511. The molecular formula is C16H22F3NO4S. The minimum absolute atomic E-state index is 0.104. The second-order valence-electron chi connectivity index (χ2n) is 4.89. The lowest BCUT2D eigenvalue weighted by molar-refractivity contribution is -0.274. The summed E-state index contributed by atoms with van der Waals surface area (Å²) in [6, 6.07) is 5.02. The molecule has 1 aromatic rings. The van der Waals surface area contributed by atoms with Crippen molar-refractivity contribution < 1.29 is 32.2 Å². The van der Waals surface area contributed by atoms with Crippen molar-refractivity contribution >= 4 is 17.9 Å². The van der Waals surface area contributed by atoms with Gasteiger partial charge >= 0.3 is 12.5 Å². The first-order chi connectivity index (χ1) is 11.8. The van der Waals surface area contributed by atoms with Crippen LogP contribution < -0.4 is 14.8 Å². The van der Waals surface area contributed by atoms with Gasteiger partial charge in [0.2, 0.25) is 0 Å². The largest absolute Gasteiger partial charge is 0.573 e. The van der Waals surface area contributed by atoms with Crippen molar-refractivity contribution in [3.8, 4) is 11.5 Å². The monoisotopic (exact) mass is 381 g/mol. The summed E-state index contributed by atoms with van der Waals surface area (Å²) in [6.45, 7) is 4.51. The van der Waals surface area contributed by atoms with E-state index in [4.69, 9.17) is 9.47 Å². The molecule has 0 heterocycles. The first kappa shape index (κ1) is 21.3. The topological polar surface area (TPSA) is 56.8 Å². The van der Waals surface area contributed by atoms with Crippen LogP contribution in [0.4, 0.5) is 18.0 Å². The Morgan fingerprint density at radius 3 is 2.40 bits per heavy atom. The maximum atomic E-state index is 12.1. The van der Waals surface area contributed by atoms with Crippen LogP contribution in [0, 0.1) is 0 Å². The molecule has 1 rings (SSSR count). The standard InChI is InChI=1S/C16H22F3NO4S/c1-3-12(23-15(21)20-9-10-25-4-2)11-22-13-5-7-14(8-6-13)24-16(17,18)19/h5-8,12H,3-4,9-11H2,1-2H3,(H,20,21). The molecule has 0 radical (unpaired) electrons. The van der Waals surface area contributed by atoms with E-state index < -0.39 is 18.6 Å². The number of rotatable bonds is 10. The molecule has 9 heteroatoms. The summed E-state index contributed by atoms with van der Waals surface area (Å²) in [7, 11) is 0. The number of nitrogens with one attached hydrogen (secondary N) is 1. The number of hydrogen-bond donors (Lipinski definition) is 1. The summed E-state index contributed by atoms with van der Waals surface area (Å²) in [6.07, 6.45) is -5.15. The fraction of sp³-hybridized carbons (Fsp3) is 0.562. The molecule has 0 aromatic heterocycles. The number of carbonyl (C=O) groups excluding carboxylic acids is 1. The quantitative estimate of drug-likeness (QED) is 0.615. The number of carbonyl (C=O) groups is 1. The van der Waals surface area contributed by atoms with Gasteiger partial charge in [0, 0.05) is 12.3 Å². The van der Waals surface area contributed by atoms with Gasteiger partial charge in [0.15, 0.2) is 0 Å². The van der Waals surface area contributed by atoms with Gasteiger partial charge in [-0.3, -0.25) is 0 Å². The molecule has 1 amide bonds. The van der Waals surface area contributed by atoms with E-state index in [9.17, 15) is 18.0 Å². The van der Waals surface area contributed by atoms with Crippen LogP contribution in [0.5, 0.6) is 11.5 Å². The highest BCUT2D eigenvalue weighted by Crippen LogP contribution is 2.24. The van der Waals surface area contributed by atoms with Crippen molar-refractivity contribution in [3.63, 3.8) is 0 Å². The van der Waals surface area contributed by atoms with Crippen LogP contribution in [0.1, 0.15) is 20.3 Å². The Morgan fingerprint density at radius 2 is 1.84 bits per heavy atom. The normalized spacial score (nSPS) is 12.4. The van der Waals surface area contributed by atoms with Crippen LogP contribution in [0.15, 0.2) is 24.3 Å². The van der Waals surface area contributed by atoms with E-state index in [0.717, 1.165) is 23.6 Å². The molecule has 0 aliphatic rings. The molecule has 0 saturated carbocycles. The van der Waals surface area contributed by atoms with Gasteiger partial charge in [-0.05, 0) is 36.4 Å². The molecule has 1 atom stereocenters. The Balaban J connectivity index is 2.37. The number of thioether (sulfide) groups is 1. The first-order valence-electron chi connectivity index (χ1n) is 7.84. The fourth-order valence-electron chi connectivity index (χ4n) is 1.72. The van der Waals surface area contributed by atoms with Crippen molar-refractivity contribution in [2.45, 2.75) is 32.7 Å². The Kier molecular flexibility index (Phi) is 9.33. The van der Waals surface area contributed by atoms with Crippen LogP contribution in [0.25, 0.3) is 0 Å². The van der Waals surface area contributed by atoms with Crippen LogP contribution in [-0.2, 0) is 4.74 Å². The van der Waals surface area contributed by atoms with E-state index in [0.29, 0.717) is 18.7 Å². The molecule has 0 saturated heterocycles. The lowest BCUT2D eigenvalue weighted by Crippen LogP contribution is -2.33. The lowest BCUT2D eigenvalue weighted by atomic mass is 10.3. The van der Waals surface area contributed by atoms with Crippen LogP contribution >= 0.6 is 11.8 Å². The summed E-state index contributed by atoms with van der Waals surface area (Å²) in [5, 5.41) is 2.65. The molecule has 0 fully saturated rings. The Hall–Kier alpha value is -1.77. The zero-order valence-corrected chi connectivity index (χ0v) is 14.9. The summed E-state index contributed by atoms with van der Waals surface area (Å²) >= 11 is 1.71. The minimum Gasteiger partial charge on any atom is -0.490 e. The van der Waals surface area contributed by atoms with Crippen molar-refractivity contribution in [1.82, 2.24) is 5.32 Å². The van der Waals surface area contributed by atoms with Crippen LogP contribution in [0.2, 0.25) is 0 Å². The number of alkyl halides is 3. The number of halogens is 3. The summed E-state index contributed by atoms with van der Waals surface area (Å²) in [5.74, 6) is 1.82. The summed E-state index contributed by atoms with van der Waals surface area (Å²) in [4.78, 5) is 11.6. The van der Waals surface area contributed by atoms with E-state index in [1.165, 1.54) is 12.1 Å².